The summed E-state index contributed by atoms with van der Waals surface area (Å²) in [7, 11) is 0. The molecule has 2 rings (SSSR count). The second-order valence-corrected chi connectivity index (χ2v) is 4.07. The lowest BCUT2D eigenvalue weighted by Crippen LogP contribution is -1.82. The van der Waals surface area contributed by atoms with E-state index in [1.165, 1.54) is 6.07 Å². The fourth-order valence-corrected chi connectivity index (χ4v) is 2.25. The lowest BCUT2D eigenvalue weighted by molar-refractivity contribution is -0.380. The lowest BCUT2D eigenvalue weighted by atomic mass is 10.5. The van der Waals surface area contributed by atoms with Crippen molar-refractivity contribution in [1.82, 2.24) is 9.97 Å². The first-order valence-electron chi connectivity index (χ1n) is 3.35. The maximum absolute atomic E-state index is 10.5. The van der Waals surface area contributed by atoms with Gasteiger partial charge in [-0.05, 0) is 11.6 Å². The van der Waals surface area contributed by atoms with E-state index in [2.05, 4.69) is 9.97 Å². The van der Waals surface area contributed by atoms with Gasteiger partial charge in [0.15, 0.2) is 5.15 Å². The Labute approximate surface area is 91.5 Å². The first-order chi connectivity index (χ1) is 6.58. The van der Waals surface area contributed by atoms with Crippen molar-refractivity contribution in [3.63, 3.8) is 0 Å². The molecule has 0 unspecified atom stereocenters. The standard InChI is InChI=1S/C6HCl2N3O2S/c7-5-4-2(9-6(8)10-5)1-3(14-4)11(12)13/h1H. The molecule has 8 heteroatoms. The molecule has 0 bridgehead atoms. The quantitative estimate of drug-likeness (QED) is 0.337. The highest BCUT2D eigenvalue weighted by Crippen LogP contribution is 2.34. The van der Waals surface area contributed by atoms with Crippen LogP contribution in [0.25, 0.3) is 10.2 Å². The average Bonchev–Trinajstić information content (AvgIpc) is 2.47. The van der Waals surface area contributed by atoms with Gasteiger partial charge in [-0.3, -0.25) is 10.1 Å². The van der Waals surface area contributed by atoms with Gasteiger partial charge in [-0.15, -0.1) is 0 Å². The van der Waals surface area contributed by atoms with Crippen LogP contribution in [0, 0.1) is 10.1 Å². The Morgan fingerprint density at radius 2 is 2.14 bits per heavy atom. The Hall–Kier alpha value is -0.980. The van der Waals surface area contributed by atoms with Crippen LogP contribution in [0.15, 0.2) is 6.07 Å². The molecule has 0 radical (unpaired) electrons. The van der Waals surface area contributed by atoms with Crippen molar-refractivity contribution in [2.24, 2.45) is 0 Å². The van der Waals surface area contributed by atoms with Crippen LogP contribution in [0.5, 0.6) is 0 Å². The van der Waals surface area contributed by atoms with Crippen molar-refractivity contribution in [3.05, 3.63) is 26.6 Å². The van der Waals surface area contributed by atoms with Gasteiger partial charge in [-0.2, -0.15) is 0 Å². The second-order valence-electron chi connectivity index (χ2n) is 2.34. The molecule has 2 heterocycles. The number of halogens is 2. The molecule has 0 fully saturated rings. The van der Waals surface area contributed by atoms with Crippen LogP contribution < -0.4 is 0 Å². The Kier molecular flexibility index (Phi) is 2.26. The first kappa shape index (κ1) is 9.57. The number of rotatable bonds is 1. The van der Waals surface area contributed by atoms with E-state index in [1.54, 1.807) is 0 Å². The van der Waals surface area contributed by atoms with Crippen LogP contribution in [-0.4, -0.2) is 14.9 Å². The molecule has 5 nitrogen and oxygen atoms in total. The number of thiophene rings is 1. The van der Waals surface area contributed by atoms with Crippen LogP contribution in [0.4, 0.5) is 5.00 Å². The summed E-state index contributed by atoms with van der Waals surface area (Å²) in [6.07, 6.45) is 0. The molecule has 0 amide bonds. The Bertz CT molecular complexity index is 527. The summed E-state index contributed by atoms with van der Waals surface area (Å²) in [6.45, 7) is 0. The smallest absolute Gasteiger partial charge is 0.258 e. The van der Waals surface area contributed by atoms with Crippen LogP contribution in [0.1, 0.15) is 0 Å². The van der Waals surface area contributed by atoms with Crippen molar-refractivity contribution < 1.29 is 4.92 Å². The maximum atomic E-state index is 10.5. The molecule has 0 saturated heterocycles. The van der Waals surface area contributed by atoms with Crippen LogP contribution >= 0.6 is 34.5 Å². The number of hydrogen-bond donors (Lipinski definition) is 0. The molecule has 0 aliphatic rings. The Morgan fingerprint density at radius 3 is 2.79 bits per heavy atom. The van der Waals surface area contributed by atoms with Gasteiger partial charge in [0.1, 0.15) is 0 Å². The van der Waals surface area contributed by atoms with Crippen molar-refractivity contribution >= 4 is 49.8 Å². The van der Waals surface area contributed by atoms with Gasteiger partial charge in [0.25, 0.3) is 0 Å². The van der Waals surface area contributed by atoms with Gasteiger partial charge < -0.3 is 0 Å². The Morgan fingerprint density at radius 1 is 1.43 bits per heavy atom. The number of nitro groups is 1. The molecule has 2 aromatic heterocycles. The second kappa shape index (κ2) is 3.30. The average molecular weight is 250 g/mol. The fourth-order valence-electron chi connectivity index (χ4n) is 0.946. The van der Waals surface area contributed by atoms with Crippen LogP contribution in [0.2, 0.25) is 10.4 Å². The predicted molar refractivity (Wildman–Crippen MR) is 54.1 cm³/mol. The van der Waals surface area contributed by atoms with E-state index in [0.717, 1.165) is 11.3 Å². The topological polar surface area (TPSA) is 68.9 Å². The largest absolute Gasteiger partial charge is 0.326 e. The minimum Gasteiger partial charge on any atom is -0.258 e. The minimum atomic E-state index is -0.503. The third-order valence-corrected chi connectivity index (χ3v) is 3.11. The SMILES string of the molecule is O=[N+]([O-])c1cc2nc(Cl)nc(Cl)c2s1. The van der Waals surface area contributed by atoms with Gasteiger partial charge >= 0.3 is 5.00 Å². The fraction of sp³-hybridized carbons (Fsp3) is 0. The van der Waals surface area contributed by atoms with Gasteiger partial charge in [0.05, 0.1) is 21.2 Å². The third kappa shape index (κ3) is 1.52. The van der Waals surface area contributed by atoms with Crippen LogP contribution in [-0.2, 0) is 0 Å². The molecule has 0 saturated carbocycles. The van der Waals surface area contributed by atoms with Crippen LogP contribution in [0.3, 0.4) is 0 Å². The summed E-state index contributed by atoms with van der Waals surface area (Å²) >= 11 is 12.2. The highest BCUT2D eigenvalue weighted by atomic mass is 35.5. The van der Waals surface area contributed by atoms with E-state index in [9.17, 15) is 10.1 Å². The highest BCUT2D eigenvalue weighted by molar-refractivity contribution is 7.22. The lowest BCUT2D eigenvalue weighted by Gasteiger charge is -1.91. The van der Waals surface area contributed by atoms with Gasteiger partial charge in [-0.1, -0.05) is 22.9 Å². The van der Waals surface area contributed by atoms with Crippen molar-refractivity contribution in [1.29, 1.82) is 0 Å². The third-order valence-electron chi connectivity index (χ3n) is 1.47. The molecule has 14 heavy (non-hydrogen) atoms. The zero-order valence-electron chi connectivity index (χ0n) is 6.40. The van der Waals surface area contributed by atoms with E-state index < -0.39 is 4.92 Å². The summed E-state index contributed by atoms with van der Waals surface area (Å²) < 4.78 is 0.475. The summed E-state index contributed by atoms with van der Waals surface area (Å²) in [6, 6.07) is 1.32. The molecule has 0 aliphatic carbocycles. The van der Waals surface area contributed by atoms with E-state index in [1.807, 2.05) is 0 Å². The number of nitrogens with zero attached hydrogens (tertiary/aromatic N) is 3. The number of fused-ring (bicyclic) bond motifs is 1. The summed E-state index contributed by atoms with van der Waals surface area (Å²) in [4.78, 5) is 17.5. The van der Waals surface area contributed by atoms with Crippen molar-refractivity contribution in [2.45, 2.75) is 0 Å². The van der Waals surface area contributed by atoms with Gasteiger partial charge in [-0.25, -0.2) is 9.97 Å². The molecule has 0 aromatic carbocycles. The van der Waals surface area contributed by atoms with E-state index >= 15 is 0 Å². The predicted octanol–water partition coefficient (Wildman–Crippen LogP) is 2.91. The van der Waals surface area contributed by atoms with Gasteiger partial charge in [0, 0.05) is 0 Å². The first-order valence-corrected chi connectivity index (χ1v) is 4.92. The highest BCUT2D eigenvalue weighted by Gasteiger charge is 2.15. The number of hydrogen-bond acceptors (Lipinski definition) is 5. The zero-order chi connectivity index (χ0) is 10.3. The summed E-state index contributed by atoms with van der Waals surface area (Å²) in [5.41, 5.74) is 0.395. The molecule has 0 aliphatic heterocycles. The van der Waals surface area contributed by atoms with E-state index in [-0.39, 0.29) is 15.4 Å². The van der Waals surface area contributed by atoms with Crippen molar-refractivity contribution in [2.75, 3.05) is 0 Å². The normalized spacial score (nSPS) is 10.7. The maximum Gasteiger partial charge on any atom is 0.326 e. The van der Waals surface area contributed by atoms with Crippen molar-refractivity contribution in [3.8, 4) is 0 Å². The molecule has 0 spiro atoms. The number of aromatic nitrogens is 2. The monoisotopic (exact) mass is 249 g/mol. The molecule has 2 aromatic rings. The molecular weight excluding hydrogens is 249 g/mol. The molecule has 0 atom stereocenters. The van der Waals surface area contributed by atoms with E-state index in [4.69, 9.17) is 23.2 Å². The molecule has 0 N–H and O–H groups in total. The Balaban J connectivity index is 2.76. The zero-order valence-corrected chi connectivity index (χ0v) is 8.73. The van der Waals surface area contributed by atoms with E-state index in [0.29, 0.717) is 10.2 Å². The summed E-state index contributed by atoms with van der Waals surface area (Å²) in [5, 5.41) is 10.5. The molecular formula is C6HCl2N3O2S. The summed E-state index contributed by atoms with van der Waals surface area (Å²) in [5.74, 6) is 0. The minimum absolute atomic E-state index is 0.0183. The molecule has 72 valence electrons. The van der Waals surface area contributed by atoms with Gasteiger partial charge in [0.2, 0.25) is 5.28 Å².